The number of pyridine rings is 1. The Morgan fingerprint density at radius 3 is 2.78 bits per heavy atom. The molecule has 6 rings (SSSR count). The van der Waals surface area contributed by atoms with Gasteiger partial charge in [-0.1, -0.05) is 0 Å². The van der Waals surface area contributed by atoms with Crippen molar-refractivity contribution < 1.29 is 18.3 Å². The number of aromatic nitrogens is 1. The van der Waals surface area contributed by atoms with Gasteiger partial charge in [0.2, 0.25) is 11.8 Å². The molecule has 1 aliphatic heterocycles. The second-order valence-corrected chi connectivity index (χ2v) is 8.80. The van der Waals surface area contributed by atoms with Crippen LogP contribution in [-0.4, -0.2) is 28.7 Å². The zero-order valence-electron chi connectivity index (χ0n) is 17.3. The van der Waals surface area contributed by atoms with Crippen molar-refractivity contribution in [2.24, 2.45) is 28.8 Å². The molecule has 2 heterocycles. The number of hydrogen-bond acceptors (Lipinski definition) is 5. The van der Waals surface area contributed by atoms with E-state index < -0.39 is 17.7 Å². The molecule has 3 fully saturated rings. The standard InChI is InChI=1S/C24H22F2N4O2/c25-18-2-3-21(26)20(10-18)22-5-6-29-30(22)24(31)19-9-17(15-7-16(19)8-15)13-32-23-4-1-14(11-27)12-28-23/h1-4,6,10,12,15-17,19,22H,5,7-9,13H2/t15?,16?,17?,19-,22?/m0/s1. The van der Waals surface area contributed by atoms with E-state index in [0.717, 1.165) is 31.0 Å². The lowest BCUT2D eigenvalue weighted by atomic mass is 9.55. The third-order valence-corrected chi connectivity index (χ3v) is 7.00. The second kappa shape index (κ2) is 8.30. The number of rotatable bonds is 5. The fourth-order valence-electron chi connectivity index (χ4n) is 5.19. The molecule has 164 valence electrons. The highest BCUT2D eigenvalue weighted by Crippen LogP contribution is 2.53. The lowest BCUT2D eigenvalue weighted by molar-refractivity contribution is -0.148. The smallest absolute Gasteiger partial charge is 0.246 e. The summed E-state index contributed by atoms with van der Waals surface area (Å²) in [6, 6.07) is 8.05. The van der Waals surface area contributed by atoms with Crippen LogP contribution in [0.3, 0.4) is 0 Å². The van der Waals surface area contributed by atoms with E-state index in [1.54, 1.807) is 18.3 Å². The highest BCUT2D eigenvalue weighted by atomic mass is 19.1. The first-order valence-corrected chi connectivity index (χ1v) is 10.8. The van der Waals surface area contributed by atoms with Crippen LogP contribution >= 0.6 is 0 Å². The zero-order valence-corrected chi connectivity index (χ0v) is 17.3. The predicted molar refractivity (Wildman–Crippen MR) is 111 cm³/mol. The van der Waals surface area contributed by atoms with E-state index in [1.165, 1.54) is 11.2 Å². The Labute approximate surface area is 184 Å². The van der Waals surface area contributed by atoms with Crippen LogP contribution < -0.4 is 4.74 Å². The van der Waals surface area contributed by atoms with Gasteiger partial charge < -0.3 is 4.74 Å². The summed E-state index contributed by atoms with van der Waals surface area (Å²) in [7, 11) is 0. The van der Waals surface area contributed by atoms with E-state index in [2.05, 4.69) is 10.1 Å². The average molecular weight is 436 g/mol. The van der Waals surface area contributed by atoms with Crippen LogP contribution in [0, 0.1) is 46.6 Å². The first-order chi connectivity index (χ1) is 15.5. The third-order valence-electron chi connectivity index (χ3n) is 7.00. The van der Waals surface area contributed by atoms with Gasteiger partial charge in [-0.3, -0.25) is 4.79 Å². The van der Waals surface area contributed by atoms with Gasteiger partial charge in [0.15, 0.2) is 0 Å². The third kappa shape index (κ3) is 3.72. The van der Waals surface area contributed by atoms with Crippen molar-refractivity contribution in [2.45, 2.75) is 31.7 Å². The summed E-state index contributed by atoms with van der Waals surface area (Å²) in [5.41, 5.74) is 0.628. The zero-order chi connectivity index (χ0) is 22.2. The van der Waals surface area contributed by atoms with E-state index in [0.29, 0.717) is 42.7 Å². The number of nitriles is 1. The van der Waals surface area contributed by atoms with E-state index in [-0.39, 0.29) is 23.3 Å². The topological polar surface area (TPSA) is 78.6 Å². The Kier molecular flexibility index (Phi) is 5.33. The molecule has 0 N–H and O–H groups in total. The molecular weight excluding hydrogens is 414 g/mol. The lowest BCUT2D eigenvalue weighted by Gasteiger charge is -2.51. The SMILES string of the molecule is N#Cc1ccc(OCC2C[C@H](C(=O)N3N=CCC3c3cc(F)ccc3F)C3CC2C3)nc1. The summed E-state index contributed by atoms with van der Waals surface area (Å²) in [6.07, 6.45) is 6.02. The number of fused-ring (bicyclic) bond motifs is 2. The number of carbonyl (C=O) groups excluding carboxylic acids is 1. The van der Waals surface area contributed by atoms with Gasteiger partial charge in [0.25, 0.3) is 0 Å². The highest BCUT2D eigenvalue weighted by Gasteiger charge is 2.50. The molecule has 0 saturated heterocycles. The van der Waals surface area contributed by atoms with Crippen molar-refractivity contribution in [3.05, 3.63) is 59.3 Å². The second-order valence-electron chi connectivity index (χ2n) is 8.80. The van der Waals surface area contributed by atoms with Gasteiger partial charge in [0.05, 0.1) is 18.2 Å². The van der Waals surface area contributed by atoms with E-state index >= 15 is 0 Å². The van der Waals surface area contributed by atoms with Crippen LogP contribution in [-0.2, 0) is 4.79 Å². The van der Waals surface area contributed by atoms with Gasteiger partial charge in [-0.2, -0.15) is 10.4 Å². The number of benzene rings is 1. The number of hydrazone groups is 1. The minimum Gasteiger partial charge on any atom is -0.477 e. The highest BCUT2D eigenvalue weighted by molar-refractivity contribution is 5.82. The van der Waals surface area contributed by atoms with E-state index in [4.69, 9.17) is 10.00 Å². The fourth-order valence-corrected chi connectivity index (χ4v) is 5.19. The van der Waals surface area contributed by atoms with Crippen LogP contribution in [0.5, 0.6) is 5.88 Å². The minimum absolute atomic E-state index is 0.128. The van der Waals surface area contributed by atoms with Gasteiger partial charge in [-0.15, -0.1) is 0 Å². The van der Waals surface area contributed by atoms with Crippen LogP contribution in [0.4, 0.5) is 8.78 Å². The molecule has 1 aromatic carbocycles. The molecule has 2 unspecified atom stereocenters. The summed E-state index contributed by atoms with van der Waals surface area (Å²) >= 11 is 0. The molecule has 3 atom stereocenters. The van der Waals surface area contributed by atoms with Crippen molar-refractivity contribution in [3.8, 4) is 11.9 Å². The van der Waals surface area contributed by atoms with Crippen molar-refractivity contribution in [1.29, 1.82) is 5.26 Å². The summed E-state index contributed by atoms with van der Waals surface area (Å²) in [6.45, 7) is 0.450. The molecule has 2 bridgehead atoms. The number of carbonyl (C=O) groups is 1. The molecule has 0 spiro atoms. The molecule has 3 aliphatic carbocycles. The lowest BCUT2D eigenvalue weighted by Crippen LogP contribution is -2.50. The maximum Gasteiger partial charge on any atom is 0.246 e. The van der Waals surface area contributed by atoms with Crippen molar-refractivity contribution in [3.63, 3.8) is 0 Å². The maximum atomic E-state index is 14.4. The quantitative estimate of drug-likeness (QED) is 0.703. The minimum atomic E-state index is -0.617. The molecule has 32 heavy (non-hydrogen) atoms. The van der Waals surface area contributed by atoms with Crippen molar-refractivity contribution in [2.75, 3.05) is 6.61 Å². The summed E-state index contributed by atoms with van der Waals surface area (Å²) in [5.74, 6) is 0.0732. The molecule has 1 aromatic heterocycles. The Morgan fingerprint density at radius 2 is 2.03 bits per heavy atom. The van der Waals surface area contributed by atoms with Gasteiger partial charge in [-0.05, 0) is 61.3 Å². The molecule has 2 aromatic rings. The van der Waals surface area contributed by atoms with Crippen molar-refractivity contribution >= 4 is 12.1 Å². The Balaban J connectivity index is 1.27. The summed E-state index contributed by atoms with van der Waals surface area (Å²) < 4.78 is 33.9. The fraction of sp³-hybridized carbons (Fsp3) is 0.417. The molecule has 8 heteroatoms. The molecule has 6 nitrogen and oxygen atoms in total. The molecule has 4 aliphatic rings. The van der Waals surface area contributed by atoms with Gasteiger partial charge >= 0.3 is 0 Å². The normalized spacial score (nSPS) is 28.2. The number of halogens is 2. The predicted octanol–water partition coefficient (Wildman–Crippen LogP) is 4.23. The number of nitrogens with zero attached hydrogens (tertiary/aromatic N) is 4. The Bertz CT molecular complexity index is 1090. The Morgan fingerprint density at radius 1 is 1.19 bits per heavy atom. The molecule has 1 amide bonds. The summed E-state index contributed by atoms with van der Waals surface area (Å²) in [5, 5.41) is 14.5. The number of ether oxygens (including phenoxy) is 1. The average Bonchev–Trinajstić information content (AvgIpc) is 3.28. The number of amides is 1. The largest absolute Gasteiger partial charge is 0.477 e. The molecular formula is C24H22F2N4O2. The van der Waals surface area contributed by atoms with Crippen LogP contribution in [0.2, 0.25) is 0 Å². The first-order valence-electron chi connectivity index (χ1n) is 10.8. The molecule has 3 saturated carbocycles. The van der Waals surface area contributed by atoms with E-state index in [1.807, 2.05) is 6.07 Å². The van der Waals surface area contributed by atoms with Crippen LogP contribution in [0.1, 0.15) is 42.9 Å². The first kappa shape index (κ1) is 20.6. The number of hydrogen-bond donors (Lipinski definition) is 0. The monoisotopic (exact) mass is 436 g/mol. The summed E-state index contributed by atoms with van der Waals surface area (Å²) in [4.78, 5) is 17.6. The van der Waals surface area contributed by atoms with E-state index in [9.17, 15) is 13.6 Å². The van der Waals surface area contributed by atoms with Crippen molar-refractivity contribution in [1.82, 2.24) is 9.99 Å². The Hall–Kier alpha value is -3.34. The van der Waals surface area contributed by atoms with Gasteiger partial charge in [0, 0.05) is 36.4 Å². The van der Waals surface area contributed by atoms with Gasteiger partial charge in [-0.25, -0.2) is 18.8 Å². The van der Waals surface area contributed by atoms with Crippen LogP contribution in [0.15, 0.2) is 41.6 Å². The van der Waals surface area contributed by atoms with Gasteiger partial charge in [0.1, 0.15) is 17.7 Å². The molecule has 0 radical (unpaired) electrons. The van der Waals surface area contributed by atoms with Crippen LogP contribution in [0.25, 0.3) is 0 Å². The maximum absolute atomic E-state index is 14.4.